The van der Waals surface area contributed by atoms with Crippen LogP contribution in [0.25, 0.3) is 0 Å². The second kappa shape index (κ2) is 6.27. The van der Waals surface area contributed by atoms with Crippen LogP contribution in [-0.4, -0.2) is 13.1 Å². The largest absolute Gasteiger partial charge is 0.371 e. The SMILES string of the molecule is N#CC(C#N)=C(C#N)Nc1cccc(N2CCCC2)c1. The maximum absolute atomic E-state index is 9.02. The molecule has 0 atom stereocenters. The van der Waals surface area contributed by atoms with E-state index in [0.717, 1.165) is 18.8 Å². The first-order valence-electron chi connectivity index (χ1n) is 6.35. The molecule has 1 aromatic rings. The summed E-state index contributed by atoms with van der Waals surface area (Å²) in [5.74, 6) is 0. The molecule has 5 nitrogen and oxygen atoms in total. The Labute approximate surface area is 118 Å². The molecule has 0 aromatic heterocycles. The summed E-state index contributed by atoms with van der Waals surface area (Å²) in [6.07, 6.45) is 2.38. The number of nitrogens with one attached hydrogen (secondary N) is 1. The summed E-state index contributed by atoms with van der Waals surface area (Å²) >= 11 is 0. The maximum Gasteiger partial charge on any atom is 0.163 e. The lowest BCUT2D eigenvalue weighted by atomic mass is 10.2. The van der Waals surface area contributed by atoms with Crippen molar-refractivity contribution < 1.29 is 0 Å². The van der Waals surface area contributed by atoms with Crippen molar-refractivity contribution in [3.05, 3.63) is 35.5 Å². The third kappa shape index (κ3) is 2.88. The van der Waals surface area contributed by atoms with Gasteiger partial charge in [0.2, 0.25) is 0 Å². The van der Waals surface area contributed by atoms with E-state index in [9.17, 15) is 0 Å². The van der Waals surface area contributed by atoms with E-state index >= 15 is 0 Å². The van der Waals surface area contributed by atoms with Gasteiger partial charge in [-0.05, 0) is 31.0 Å². The molecule has 1 aromatic carbocycles. The molecule has 0 radical (unpaired) electrons. The molecule has 5 heteroatoms. The lowest BCUT2D eigenvalue weighted by Gasteiger charge is -2.18. The Morgan fingerprint density at radius 2 is 1.75 bits per heavy atom. The topological polar surface area (TPSA) is 86.6 Å². The summed E-state index contributed by atoms with van der Waals surface area (Å²) in [6, 6.07) is 12.9. The fraction of sp³-hybridized carbons (Fsp3) is 0.267. The predicted molar refractivity (Wildman–Crippen MR) is 75.4 cm³/mol. The van der Waals surface area contributed by atoms with Gasteiger partial charge in [0.05, 0.1) is 0 Å². The van der Waals surface area contributed by atoms with E-state index in [2.05, 4.69) is 10.2 Å². The van der Waals surface area contributed by atoms with Gasteiger partial charge < -0.3 is 10.2 Å². The van der Waals surface area contributed by atoms with E-state index in [4.69, 9.17) is 15.8 Å². The summed E-state index contributed by atoms with van der Waals surface area (Å²) < 4.78 is 0. The molecule has 1 N–H and O–H groups in total. The zero-order chi connectivity index (χ0) is 14.4. The van der Waals surface area contributed by atoms with Crippen molar-refractivity contribution in [1.29, 1.82) is 15.8 Å². The molecule has 1 aliphatic heterocycles. The fourth-order valence-corrected chi connectivity index (χ4v) is 2.18. The zero-order valence-corrected chi connectivity index (χ0v) is 10.9. The van der Waals surface area contributed by atoms with Crippen LogP contribution < -0.4 is 10.2 Å². The third-order valence-corrected chi connectivity index (χ3v) is 3.17. The smallest absolute Gasteiger partial charge is 0.163 e. The molecular formula is C15H13N5. The molecule has 1 saturated heterocycles. The average Bonchev–Trinajstić information content (AvgIpc) is 3.02. The average molecular weight is 263 g/mol. The lowest BCUT2D eigenvalue weighted by Crippen LogP contribution is -2.17. The first-order valence-corrected chi connectivity index (χ1v) is 6.35. The number of rotatable bonds is 3. The highest BCUT2D eigenvalue weighted by Gasteiger charge is 2.13. The molecule has 2 rings (SSSR count). The minimum atomic E-state index is -0.209. The van der Waals surface area contributed by atoms with Gasteiger partial charge in [0.15, 0.2) is 5.57 Å². The molecule has 1 aliphatic rings. The van der Waals surface area contributed by atoms with Crippen LogP contribution in [0.15, 0.2) is 35.5 Å². The second-order valence-electron chi connectivity index (χ2n) is 4.45. The molecule has 20 heavy (non-hydrogen) atoms. The quantitative estimate of drug-likeness (QED) is 0.847. The lowest BCUT2D eigenvalue weighted by molar-refractivity contribution is 0.949. The summed E-state index contributed by atoms with van der Waals surface area (Å²) in [7, 11) is 0. The van der Waals surface area contributed by atoms with Gasteiger partial charge in [-0.15, -0.1) is 0 Å². The number of anilines is 2. The van der Waals surface area contributed by atoms with Crippen molar-refractivity contribution in [3.63, 3.8) is 0 Å². The van der Waals surface area contributed by atoms with E-state index in [1.807, 2.05) is 30.3 Å². The Balaban J connectivity index is 2.24. The highest BCUT2D eigenvalue weighted by Crippen LogP contribution is 2.24. The van der Waals surface area contributed by atoms with Gasteiger partial charge in [0.1, 0.15) is 23.9 Å². The third-order valence-electron chi connectivity index (χ3n) is 3.17. The Hall–Kier alpha value is -2.97. The normalized spacial score (nSPS) is 12.9. The van der Waals surface area contributed by atoms with Gasteiger partial charge in [-0.1, -0.05) is 6.07 Å². The first-order chi connectivity index (χ1) is 9.78. The van der Waals surface area contributed by atoms with Crippen LogP contribution in [0.3, 0.4) is 0 Å². The van der Waals surface area contributed by atoms with Crippen molar-refractivity contribution in [1.82, 2.24) is 0 Å². The van der Waals surface area contributed by atoms with Crippen molar-refractivity contribution in [2.45, 2.75) is 12.8 Å². The van der Waals surface area contributed by atoms with E-state index in [-0.39, 0.29) is 11.3 Å². The minimum absolute atomic E-state index is 0.0198. The van der Waals surface area contributed by atoms with E-state index in [0.29, 0.717) is 5.69 Å². The van der Waals surface area contributed by atoms with E-state index < -0.39 is 0 Å². The number of nitrogens with zero attached hydrogens (tertiary/aromatic N) is 4. The summed E-state index contributed by atoms with van der Waals surface area (Å²) in [4.78, 5) is 2.27. The van der Waals surface area contributed by atoms with Crippen LogP contribution in [0, 0.1) is 34.0 Å². The summed E-state index contributed by atoms with van der Waals surface area (Å²) in [5, 5.41) is 29.5. The van der Waals surface area contributed by atoms with Gasteiger partial charge in [0.25, 0.3) is 0 Å². The van der Waals surface area contributed by atoms with Gasteiger partial charge in [-0.2, -0.15) is 15.8 Å². The zero-order valence-electron chi connectivity index (χ0n) is 10.9. The van der Waals surface area contributed by atoms with E-state index in [1.54, 1.807) is 12.1 Å². The number of nitriles is 3. The fourth-order valence-electron chi connectivity index (χ4n) is 2.18. The van der Waals surface area contributed by atoms with Crippen LogP contribution in [0.1, 0.15) is 12.8 Å². The Morgan fingerprint density at radius 3 is 2.35 bits per heavy atom. The highest BCUT2D eigenvalue weighted by atomic mass is 15.1. The van der Waals surface area contributed by atoms with Crippen molar-refractivity contribution in [2.24, 2.45) is 0 Å². The Kier molecular flexibility index (Phi) is 4.22. The van der Waals surface area contributed by atoms with Crippen LogP contribution >= 0.6 is 0 Å². The van der Waals surface area contributed by atoms with Gasteiger partial charge in [-0.3, -0.25) is 0 Å². The Bertz CT molecular complexity index is 632. The predicted octanol–water partition coefficient (Wildman–Crippen LogP) is 2.52. The molecular weight excluding hydrogens is 250 g/mol. The van der Waals surface area contributed by atoms with Crippen LogP contribution in [-0.2, 0) is 0 Å². The van der Waals surface area contributed by atoms with Crippen molar-refractivity contribution >= 4 is 11.4 Å². The van der Waals surface area contributed by atoms with Crippen molar-refractivity contribution in [3.8, 4) is 18.2 Å². The van der Waals surface area contributed by atoms with Gasteiger partial charge >= 0.3 is 0 Å². The van der Waals surface area contributed by atoms with Gasteiger partial charge in [-0.25, -0.2) is 0 Å². The molecule has 1 fully saturated rings. The van der Waals surface area contributed by atoms with Crippen LogP contribution in [0.2, 0.25) is 0 Å². The second-order valence-corrected chi connectivity index (χ2v) is 4.45. The molecule has 0 unspecified atom stereocenters. The van der Waals surface area contributed by atoms with Crippen LogP contribution in [0.5, 0.6) is 0 Å². The standard InChI is InChI=1S/C15H13N5/c16-9-12(10-17)15(11-18)19-13-4-3-5-14(8-13)20-6-1-2-7-20/h3-5,8,19H,1-2,6-7H2. The van der Waals surface area contributed by atoms with Crippen molar-refractivity contribution in [2.75, 3.05) is 23.3 Å². The highest BCUT2D eigenvalue weighted by molar-refractivity contribution is 5.64. The number of allylic oxidation sites excluding steroid dienone is 2. The molecule has 98 valence electrons. The summed E-state index contributed by atoms with van der Waals surface area (Å²) in [6.45, 7) is 2.07. The molecule has 0 spiro atoms. The number of hydrogen-bond donors (Lipinski definition) is 1. The minimum Gasteiger partial charge on any atom is -0.371 e. The maximum atomic E-state index is 9.02. The molecule has 0 amide bonds. The number of benzene rings is 1. The molecule has 0 saturated carbocycles. The van der Waals surface area contributed by atoms with Gasteiger partial charge in [0, 0.05) is 24.5 Å². The van der Waals surface area contributed by atoms with Crippen LogP contribution in [0.4, 0.5) is 11.4 Å². The monoisotopic (exact) mass is 263 g/mol. The van der Waals surface area contributed by atoms with E-state index in [1.165, 1.54) is 12.8 Å². The molecule has 0 bridgehead atoms. The molecule has 1 heterocycles. The summed E-state index contributed by atoms with van der Waals surface area (Å²) in [5.41, 5.74) is 1.56. The molecule has 0 aliphatic carbocycles. The number of hydrogen-bond acceptors (Lipinski definition) is 5. The Morgan fingerprint density at radius 1 is 1.05 bits per heavy atom. The first kappa shape index (κ1) is 13.5.